The molecule has 0 unspecified atom stereocenters. The first-order valence-electron chi connectivity index (χ1n) is 5.86. The van der Waals surface area contributed by atoms with Crippen LogP contribution in [-0.2, 0) is 4.74 Å². The summed E-state index contributed by atoms with van der Waals surface area (Å²) in [6.07, 6.45) is 1.38. The van der Waals surface area contributed by atoms with Crippen LogP contribution in [0.4, 0.5) is 0 Å². The van der Waals surface area contributed by atoms with Crippen molar-refractivity contribution in [2.24, 2.45) is 0 Å². The van der Waals surface area contributed by atoms with Gasteiger partial charge in [0, 0.05) is 13.1 Å². The molecule has 90 valence electrons. The number of morpholine rings is 1. The van der Waals surface area contributed by atoms with E-state index in [9.17, 15) is 0 Å². The van der Waals surface area contributed by atoms with Crippen LogP contribution in [0, 0.1) is 6.92 Å². The van der Waals surface area contributed by atoms with E-state index in [1.54, 1.807) is 0 Å². The van der Waals surface area contributed by atoms with Crippen LogP contribution < -0.4 is 0 Å². The van der Waals surface area contributed by atoms with Crippen LogP contribution in [0.1, 0.15) is 38.0 Å². The van der Waals surface area contributed by atoms with Gasteiger partial charge in [0.1, 0.15) is 0 Å². The van der Waals surface area contributed by atoms with Gasteiger partial charge in [-0.1, -0.05) is 12.1 Å². The second kappa shape index (κ2) is 4.93. The summed E-state index contributed by atoms with van der Waals surface area (Å²) in [5.74, 6) is 1.40. The molecule has 2 rings (SSSR count). The Morgan fingerprint density at radius 3 is 3.00 bits per heavy atom. The Kier molecular flexibility index (Phi) is 3.56. The zero-order valence-corrected chi connectivity index (χ0v) is 10.1. The number of aromatic nitrogens is 2. The number of hydrogen-bond acceptors (Lipinski definition) is 5. The highest BCUT2D eigenvalue weighted by Gasteiger charge is 2.26. The minimum absolute atomic E-state index is 0.180. The van der Waals surface area contributed by atoms with E-state index in [4.69, 9.17) is 9.26 Å². The number of hydrogen-bond donors (Lipinski definition) is 0. The van der Waals surface area contributed by atoms with E-state index < -0.39 is 0 Å². The van der Waals surface area contributed by atoms with E-state index in [0.717, 1.165) is 26.1 Å². The van der Waals surface area contributed by atoms with Gasteiger partial charge >= 0.3 is 0 Å². The maximum atomic E-state index is 5.64. The average molecular weight is 225 g/mol. The van der Waals surface area contributed by atoms with Gasteiger partial charge in [0.25, 0.3) is 0 Å². The summed E-state index contributed by atoms with van der Waals surface area (Å²) in [7, 11) is 0. The number of nitrogens with zero attached hydrogens (tertiary/aromatic N) is 3. The summed E-state index contributed by atoms with van der Waals surface area (Å²) in [4.78, 5) is 6.61. The number of rotatable bonds is 3. The van der Waals surface area contributed by atoms with Gasteiger partial charge in [-0.05, 0) is 20.3 Å². The second-order valence-electron chi connectivity index (χ2n) is 4.25. The lowest BCUT2D eigenvalue weighted by Gasteiger charge is -2.34. The molecule has 0 aromatic carbocycles. The lowest BCUT2D eigenvalue weighted by atomic mass is 10.2. The fourth-order valence-corrected chi connectivity index (χ4v) is 1.98. The highest BCUT2D eigenvalue weighted by Crippen LogP contribution is 2.21. The molecule has 0 amide bonds. The van der Waals surface area contributed by atoms with Gasteiger partial charge in [-0.15, -0.1) is 0 Å². The highest BCUT2D eigenvalue weighted by molar-refractivity contribution is 4.91. The van der Waals surface area contributed by atoms with Crippen LogP contribution in [0.25, 0.3) is 0 Å². The van der Waals surface area contributed by atoms with Crippen LogP contribution in [0.3, 0.4) is 0 Å². The minimum atomic E-state index is 0.180. The van der Waals surface area contributed by atoms with Gasteiger partial charge in [-0.3, -0.25) is 4.90 Å². The molecule has 2 heterocycles. The molecule has 0 saturated carbocycles. The summed E-state index contributed by atoms with van der Waals surface area (Å²) in [6.45, 7) is 8.75. The standard InChI is InChI=1S/C11H19N3O2/c1-4-10-7-14(5-6-15-10)8(2)11-12-9(3)13-16-11/h8,10H,4-7H2,1-3H3/t8-,10+/m0/s1. The molecule has 0 spiro atoms. The predicted octanol–water partition coefficient (Wildman–Crippen LogP) is 1.55. The third kappa shape index (κ3) is 2.41. The molecular weight excluding hydrogens is 206 g/mol. The molecule has 1 aromatic heterocycles. The monoisotopic (exact) mass is 225 g/mol. The van der Waals surface area contributed by atoms with Crippen molar-refractivity contribution in [2.75, 3.05) is 19.7 Å². The summed E-state index contributed by atoms with van der Waals surface area (Å²) in [5.41, 5.74) is 0. The Morgan fingerprint density at radius 2 is 2.38 bits per heavy atom. The Morgan fingerprint density at radius 1 is 1.56 bits per heavy atom. The van der Waals surface area contributed by atoms with Gasteiger partial charge in [0.05, 0.1) is 18.8 Å². The van der Waals surface area contributed by atoms with Crippen molar-refractivity contribution in [3.63, 3.8) is 0 Å². The topological polar surface area (TPSA) is 51.4 Å². The lowest BCUT2D eigenvalue weighted by Crippen LogP contribution is -2.43. The maximum Gasteiger partial charge on any atom is 0.243 e. The van der Waals surface area contributed by atoms with Crippen molar-refractivity contribution in [2.45, 2.75) is 39.3 Å². The molecule has 1 aliphatic heterocycles. The van der Waals surface area contributed by atoms with Crippen LogP contribution >= 0.6 is 0 Å². The van der Waals surface area contributed by atoms with Crippen molar-refractivity contribution in [3.05, 3.63) is 11.7 Å². The zero-order valence-electron chi connectivity index (χ0n) is 10.1. The van der Waals surface area contributed by atoms with Gasteiger partial charge in [-0.25, -0.2) is 0 Å². The summed E-state index contributed by atoms with van der Waals surface area (Å²) >= 11 is 0. The molecular formula is C11H19N3O2. The van der Waals surface area contributed by atoms with Crippen molar-refractivity contribution < 1.29 is 9.26 Å². The first kappa shape index (κ1) is 11.5. The van der Waals surface area contributed by atoms with E-state index in [1.165, 1.54) is 0 Å². The van der Waals surface area contributed by atoms with Gasteiger partial charge in [0.2, 0.25) is 5.89 Å². The molecule has 1 aliphatic rings. The van der Waals surface area contributed by atoms with E-state index in [-0.39, 0.29) is 6.04 Å². The zero-order chi connectivity index (χ0) is 11.5. The Labute approximate surface area is 95.8 Å². The van der Waals surface area contributed by atoms with Crippen LogP contribution in [-0.4, -0.2) is 40.8 Å². The number of aryl methyl sites for hydroxylation is 1. The van der Waals surface area contributed by atoms with Crippen molar-refractivity contribution in [3.8, 4) is 0 Å². The largest absolute Gasteiger partial charge is 0.376 e. The maximum absolute atomic E-state index is 5.64. The minimum Gasteiger partial charge on any atom is -0.376 e. The average Bonchev–Trinajstić information content (AvgIpc) is 2.75. The van der Waals surface area contributed by atoms with E-state index in [1.807, 2.05) is 6.92 Å². The highest BCUT2D eigenvalue weighted by atomic mass is 16.5. The van der Waals surface area contributed by atoms with Gasteiger partial charge < -0.3 is 9.26 Å². The molecule has 0 bridgehead atoms. The van der Waals surface area contributed by atoms with Gasteiger partial charge in [-0.2, -0.15) is 4.98 Å². The lowest BCUT2D eigenvalue weighted by molar-refractivity contribution is -0.0462. The Balaban J connectivity index is 2.01. The van der Waals surface area contributed by atoms with E-state index in [0.29, 0.717) is 17.8 Å². The van der Waals surface area contributed by atoms with Crippen molar-refractivity contribution >= 4 is 0 Å². The molecule has 0 N–H and O–H groups in total. The third-order valence-corrected chi connectivity index (χ3v) is 3.07. The van der Waals surface area contributed by atoms with Crippen molar-refractivity contribution in [1.82, 2.24) is 15.0 Å². The van der Waals surface area contributed by atoms with Crippen LogP contribution in [0.15, 0.2) is 4.52 Å². The fraction of sp³-hybridized carbons (Fsp3) is 0.818. The Hall–Kier alpha value is -0.940. The number of ether oxygens (including phenoxy) is 1. The normalized spacial score (nSPS) is 24.6. The molecule has 16 heavy (non-hydrogen) atoms. The van der Waals surface area contributed by atoms with Gasteiger partial charge in [0.15, 0.2) is 5.82 Å². The molecule has 5 heteroatoms. The van der Waals surface area contributed by atoms with Crippen LogP contribution in [0.5, 0.6) is 0 Å². The summed E-state index contributed by atoms with van der Waals surface area (Å²) in [5, 5.41) is 3.83. The molecule has 0 aliphatic carbocycles. The fourth-order valence-electron chi connectivity index (χ4n) is 1.98. The van der Waals surface area contributed by atoms with E-state index in [2.05, 4.69) is 28.9 Å². The quantitative estimate of drug-likeness (QED) is 0.781. The molecule has 2 atom stereocenters. The SMILES string of the molecule is CC[C@@H]1CN([C@@H](C)c2nc(C)no2)CCO1. The second-order valence-corrected chi connectivity index (χ2v) is 4.25. The molecule has 0 radical (unpaired) electrons. The van der Waals surface area contributed by atoms with Crippen molar-refractivity contribution in [1.29, 1.82) is 0 Å². The summed E-state index contributed by atoms with van der Waals surface area (Å²) in [6, 6.07) is 0.180. The summed E-state index contributed by atoms with van der Waals surface area (Å²) < 4.78 is 10.8. The molecule has 1 fully saturated rings. The first-order chi connectivity index (χ1) is 7.70. The molecule has 1 saturated heterocycles. The van der Waals surface area contributed by atoms with Crippen LogP contribution in [0.2, 0.25) is 0 Å². The third-order valence-electron chi connectivity index (χ3n) is 3.07. The predicted molar refractivity (Wildman–Crippen MR) is 59.1 cm³/mol. The molecule has 5 nitrogen and oxygen atoms in total. The first-order valence-corrected chi connectivity index (χ1v) is 5.86. The van der Waals surface area contributed by atoms with E-state index >= 15 is 0 Å². The smallest absolute Gasteiger partial charge is 0.243 e. The molecule has 1 aromatic rings. The Bertz CT molecular complexity index is 340.